The molecule has 3 heteroatoms. The highest BCUT2D eigenvalue weighted by atomic mass is 35.5. The van der Waals surface area contributed by atoms with Crippen LogP contribution in [0.3, 0.4) is 0 Å². The largest absolute Gasteiger partial charge is 0.449 e. The molecule has 2 rings (SSSR count). The van der Waals surface area contributed by atoms with Gasteiger partial charge in [0.25, 0.3) is 0 Å². The van der Waals surface area contributed by atoms with Crippen LogP contribution >= 0.6 is 11.6 Å². The van der Waals surface area contributed by atoms with Gasteiger partial charge in [0.05, 0.1) is 0 Å². The van der Waals surface area contributed by atoms with Crippen LogP contribution in [0.4, 0.5) is 0 Å². The van der Waals surface area contributed by atoms with Crippen molar-refractivity contribution in [2.24, 2.45) is 5.92 Å². The third-order valence-corrected chi connectivity index (χ3v) is 3.51. The van der Waals surface area contributed by atoms with Gasteiger partial charge in [0.15, 0.2) is 5.22 Å². The fraction of sp³-hybridized carbons (Fsp3) is 0.667. The number of piperidine rings is 1. The number of rotatable bonds is 3. The molecular formula is C12H18ClNO. The van der Waals surface area contributed by atoms with Crippen molar-refractivity contribution in [3.8, 4) is 0 Å². The summed E-state index contributed by atoms with van der Waals surface area (Å²) in [5.41, 5.74) is 0. The lowest BCUT2D eigenvalue weighted by Crippen LogP contribution is -2.33. The zero-order valence-corrected chi connectivity index (χ0v) is 9.89. The van der Waals surface area contributed by atoms with Gasteiger partial charge in [0.1, 0.15) is 5.76 Å². The number of nitrogens with one attached hydrogen (secondary N) is 1. The second-order valence-electron chi connectivity index (χ2n) is 4.26. The molecule has 0 bridgehead atoms. The zero-order valence-electron chi connectivity index (χ0n) is 9.13. The van der Waals surface area contributed by atoms with Crippen LogP contribution in [-0.2, 0) is 0 Å². The van der Waals surface area contributed by atoms with Crippen LogP contribution in [-0.4, -0.2) is 13.1 Å². The summed E-state index contributed by atoms with van der Waals surface area (Å²) in [7, 11) is 0. The second-order valence-corrected chi connectivity index (χ2v) is 4.64. The molecule has 84 valence electrons. The summed E-state index contributed by atoms with van der Waals surface area (Å²) in [6.45, 7) is 4.48. The first-order chi connectivity index (χ1) is 7.31. The van der Waals surface area contributed by atoms with Crippen molar-refractivity contribution in [3.05, 3.63) is 23.1 Å². The average Bonchev–Trinajstić information content (AvgIpc) is 2.68. The summed E-state index contributed by atoms with van der Waals surface area (Å²) in [6, 6.07) is 3.86. The maximum atomic E-state index is 5.82. The summed E-state index contributed by atoms with van der Waals surface area (Å²) in [5.74, 6) is 2.27. The van der Waals surface area contributed by atoms with Gasteiger partial charge in [-0.2, -0.15) is 0 Å². The van der Waals surface area contributed by atoms with Crippen LogP contribution < -0.4 is 5.32 Å². The number of furan rings is 1. The van der Waals surface area contributed by atoms with Crippen molar-refractivity contribution in [2.75, 3.05) is 13.1 Å². The van der Waals surface area contributed by atoms with Crippen molar-refractivity contribution in [2.45, 2.75) is 32.1 Å². The lowest BCUT2D eigenvalue weighted by atomic mass is 9.83. The minimum atomic E-state index is 0.507. The summed E-state index contributed by atoms with van der Waals surface area (Å²) in [4.78, 5) is 0. The van der Waals surface area contributed by atoms with E-state index in [1.165, 1.54) is 12.8 Å². The fourth-order valence-corrected chi connectivity index (χ4v) is 2.67. The Morgan fingerprint density at radius 2 is 2.47 bits per heavy atom. The van der Waals surface area contributed by atoms with E-state index in [1.54, 1.807) is 0 Å². The molecule has 1 aromatic rings. The first-order valence-corrected chi connectivity index (χ1v) is 6.15. The molecule has 2 heterocycles. The maximum Gasteiger partial charge on any atom is 0.193 e. The highest BCUT2D eigenvalue weighted by molar-refractivity contribution is 6.28. The third-order valence-electron chi connectivity index (χ3n) is 3.30. The fourth-order valence-electron chi connectivity index (χ4n) is 2.52. The smallest absolute Gasteiger partial charge is 0.193 e. The van der Waals surface area contributed by atoms with Gasteiger partial charge in [0.2, 0.25) is 0 Å². The van der Waals surface area contributed by atoms with Crippen molar-refractivity contribution in [1.29, 1.82) is 0 Å². The SMILES string of the molecule is CCC(c1ccc(Cl)o1)C1CCCNC1. The highest BCUT2D eigenvalue weighted by Crippen LogP contribution is 2.33. The van der Waals surface area contributed by atoms with E-state index in [-0.39, 0.29) is 0 Å². The van der Waals surface area contributed by atoms with E-state index in [0.29, 0.717) is 17.1 Å². The quantitative estimate of drug-likeness (QED) is 0.856. The predicted molar refractivity (Wildman–Crippen MR) is 62.3 cm³/mol. The normalized spacial score (nSPS) is 24.0. The van der Waals surface area contributed by atoms with E-state index in [2.05, 4.69) is 12.2 Å². The minimum absolute atomic E-state index is 0.507. The molecule has 2 nitrogen and oxygen atoms in total. The first kappa shape index (κ1) is 11.0. The Morgan fingerprint density at radius 3 is 3.00 bits per heavy atom. The Morgan fingerprint density at radius 1 is 1.60 bits per heavy atom. The summed E-state index contributed by atoms with van der Waals surface area (Å²) < 4.78 is 5.53. The summed E-state index contributed by atoms with van der Waals surface area (Å²) >= 11 is 5.82. The van der Waals surface area contributed by atoms with Crippen molar-refractivity contribution in [1.82, 2.24) is 5.32 Å². The standard InChI is InChI=1S/C12H18ClNO/c1-2-10(9-4-3-7-14-8-9)11-5-6-12(13)15-11/h5-6,9-10,14H,2-4,7-8H2,1H3. The molecule has 1 saturated heterocycles. The molecular weight excluding hydrogens is 210 g/mol. The van der Waals surface area contributed by atoms with Crippen LogP contribution in [0.2, 0.25) is 5.22 Å². The monoisotopic (exact) mass is 227 g/mol. The minimum Gasteiger partial charge on any atom is -0.449 e. The average molecular weight is 228 g/mol. The zero-order chi connectivity index (χ0) is 10.7. The molecule has 1 N–H and O–H groups in total. The van der Waals surface area contributed by atoms with Gasteiger partial charge in [-0.1, -0.05) is 6.92 Å². The molecule has 1 fully saturated rings. The molecule has 1 aliphatic rings. The van der Waals surface area contributed by atoms with E-state index in [0.717, 1.165) is 25.3 Å². The Balaban J connectivity index is 2.08. The molecule has 0 radical (unpaired) electrons. The van der Waals surface area contributed by atoms with Crippen LogP contribution in [0.1, 0.15) is 37.9 Å². The Labute approximate surface area is 96.0 Å². The number of hydrogen-bond acceptors (Lipinski definition) is 2. The van der Waals surface area contributed by atoms with Crippen LogP contribution in [0.25, 0.3) is 0 Å². The van der Waals surface area contributed by atoms with Gasteiger partial charge in [-0.05, 0) is 62.0 Å². The van der Waals surface area contributed by atoms with Crippen LogP contribution in [0.15, 0.2) is 16.5 Å². The molecule has 0 spiro atoms. The molecule has 1 aromatic heterocycles. The lowest BCUT2D eigenvalue weighted by molar-refractivity contribution is 0.286. The van der Waals surface area contributed by atoms with E-state index in [4.69, 9.17) is 16.0 Å². The third kappa shape index (κ3) is 2.56. The van der Waals surface area contributed by atoms with Crippen LogP contribution in [0.5, 0.6) is 0 Å². The van der Waals surface area contributed by atoms with Gasteiger partial charge < -0.3 is 9.73 Å². The van der Waals surface area contributed by atoms with E-state index >= 15 is 0 Å². The highest BCUT2D eigenvalue weighted by Gasteiger charge is 2.25. The topological polar surface area (TPSA) is 25.2 Å². The molecule has 15 heavy (non-hydrogen) atoms. The molecule has 0 aromatic carbocycles. The van der Waals surface area contributed by atoms with Gasteiger partial charge in [0, 0.05) is 5.92 Å². The molecule has 0 saturated carbocycles. The Bertz CT molecular complexity index is 304. The predicted octanol–water partition coefficient (Wildman–Crippen LogP) is 3.43. The lowest BCUT2D eigenvalue weighted by Gasteiger charge is -2.28. The molecule has 2 atom stereocenters. The summed E-state index contributed by atoms with van der Waals surface area (Å²) in [5, 5.41) is 3.96. The molecule has 2 unspecified atom stereocenters. The number of hydrogen-bond donors (Lipinski definition) is 1. The van der Waals surface area contributed by atoms with Crippen molar-refractivity contribution in [3.63, 3.8) is 0 Å². The van der Waals surface area contributed by atoms with Crippen molar-refractivity contribution >= 4 is 11.6 Å². The van der Waals surface area contributed by atoms with Gasteiger partial charge in [-0.25, -0.2) is 0 Å². The van der Waals surface area contributed by atoms with E-state index in [9.17, 15) is 0 Å². The van der Waals surface area contributed by atoms with E-state index < -0.39 is 0 Å². The van der Waals surface area contributed by atoms with Crippen molar-refractivity contribution < 1.29 is 4.42 Å². The van der Waals surface area contributed by atoms with E-state index in [1.807, 2.05) is 12.1 Å². The Hall–Kier alpha value is -0.470. The maximum absolute atomic E-state index is 5.82. The van der Waals surface area contributed by atoms with Gasteiger partial charge in [-0.15, -0.1) is 0 Å². The Kier molecular flexibility index (Phi) is 3.71. The van der Waals surface area contributed by atoms with Crippen LogP contribution in [0, 0.1) is 5.92 Å². The second kappa shape index (κ2) is 5.04. The van der Waals surface area contributed by atoms with Gasteiger partial charge in [-0.3, -0.25) is 0 Å². The summed E-state index contributed by atoms with van der Waals surface area (Å²) in [6.07, 6.45) is 3.69. The van der Waals surface area contributed by atoms with Gasteiger partial charge >= 0.3 is 0 Å². The number of halogens is 1. The molecule has 1 aliphatic heterocycles. The molecule has 0 amide bonds. The first-order valence-electron chi connectivity index (χ1n) is 5.77. The molecule has 0 aliphatic carbocycles.